The quantitative estimate of drug-likeness (QED) is 0.481. The van der Waals surface area contributed by atoms with Crippen molar-refractivity contribution in [1.82, 2.24) is 0 Å². The fourth-order valence-electron chi connectivity index (χ4n) is 1.40. The Balaban J connectivity index is 2.45. The number of amidine groups is 1. The van der Waals surface area contributed by atoms with Gasteiger partial charge in [-0.05, 0) is 17.0 Å². The van der Waals surface area contributed by atoms with Gasteiger partial charge < -0.3 is 4.74 Å². The lowest BCUT2D eigenvalue weighted by atomic mass is 10.0. The summed E-state index contributed by atoms with van der Waals surface area (Å²) in [7, 11) is 3.83. The van der Waals surface area contributed by atoms with Gasteiger partial charge >= 0.3 is 0 Å². The van der Waals surface area contributed by atoms with Crippen LogP contribution in [0.5, 0.6) is 0 Å². The Morgan fingerprint density at radius 1 is 1.24 bits per heavy atom. The zero-order valence-electron chi connectivity index (χ0n) is 11.2. The van der Waals surface area contributed by atoms with Gasteiger partial charge in [-0.1, -0.05) is 38.1 Å². The minimum absolute atomic E-state index is 0.471. The third-order valence-electron chi connectivity index (χ3n) is 2.74. The van der Waals surface area contributed by atoms with E-state index in [1.54, 1.807) is 0 Å². The number of benzene rings is 1. The summed E-state index contributed by atoms with van der Waals surface area (Å²) >= 11 is 0. The molecule has 0 radical (unpaired) electrons. The van der Waals surface area contributed by atoms with Gasteiger partial charge in [-0.25, -0.2) is 0 Å². The first-order valence-electron chi connectivity index (χ1n) is 5.96. The molecule has 0 aliphatic carbocycles. The molecule has 0 unspecified atom stereocenters. The highest BCUT2D eigenvalue weighted by atomic mass is 16.5. The molecule has 0 saturated carbocycles. The molecular weight excluding hydrogens is 212 g/mol. The van der Waals surface area contributed by atoms with E-state index in [4.69, 9.17) is 10.5 Å². The van der Waals surface area contributed by atoms with E-state index in [-0.39, 0.29) is 0 Å². The molecule has 17 heavy (non-hydrogen) atoms. The van der Waals surface area contributed by atoms with Crippen LogP contribution in [0.4, 0.5) is 0 Å². The second kappa shape index (κ2) is 6.40. The maximum atomic E-state index is 5.76. The molecule has 94 valence electrons. The first-order valence-corrected chi connectivity index (χ1v) is 5.96. The van der Waals surface area contributed by atoms with Crippen LogP contribution in [0.3, 0.4) is 0 Å². The van der Waals surface area contributed by atoms with E-state index in [2.05, 4.69) is 38.1 Å². The lowest BCUT2D eigenvalue weighted by Gasteiger charge is -2.07. The number of ether oxygens (including phenoxy) is 1. The van der Waals surface area contributed by atoms with Crippen molar-refractivity contribution < 1.29 is 9.31 Å². The fraction of sp³-hybridized carbons (Fsp3) is 0.500. The van der Waals surface area contributed by atoms with Gasteiger partial charge in [0.05, 0.1) is 20.7 Å². The first-order chi connectivity index (χ1) is 8.00. The van der Waals surface area contributed by atoms with Crippen molar-refractivity contribution in [1.29, 1.82) is 0 Å². The standard InChI is InChI=1S/C14H22N2O/c1-11(2)13-7-5-12(6-8-13)9-17-10-14(15)16(3)4/h5-8,11,15H,9-10H2,1-4H3/p+1. The highest BCUT2D eigenvalue weighted by molar-refractivity contribution is 5.76. The van der Waals surface area contributed by atoms with Crippen LogP contribution in [0.2, 0.25) is 0 Å². The molecule has 1 aromatic rings. The first kappa shape index (κ1) is 13.7. The molecule has 1 rings (SSSR count). The van der Waals surface area contributed by atoms with Crippen molar-refractivity contribution in [3.05, 3.63) is 35.4 Å². The Hall–Kier alpha value is -1.35. The topological polar surface area (TPSA) is 38.3 Å². The van der Waals surface area contributed by atoms with Gasteiger partial charge in [-0.3, -0.25) is 10.3 Å². The van der Waals surface area contributed by atoms with E-state index in [9.17, 15) is 0 Å². The minimum Gasteiger partial charge on any atom is -0.364 e. The summed E-state index contributed by atoms with van der Waals surface area (Å²) in [6.07, 6.45) is 0. The number of nitrogens with zero attached hydrogens (tertiary/aromatic N) is 1. The summed E-state index contributed by atoms with van der Waals surface area (Å²) < 4.78 is 7.40. The number of hydrogen-bond acceptors (Lipinski definition) is 1. The van der Waals surface area contributed by atoms with Crippen LogP contribution in [-0.2, 0) is 11.3 Å². The van der Waals surface area contributed by atoms with Crippen LogP contribution >= 0.6 is 0 Å². The molecule has 0 bridgehead atoms. The smallest absolute Gasteiger partial charge is 0.268 e. The summed E-state index contributed by atoms with van der Waals surface area (Å²) in [6, 6.07) is 8.53. The molecule has 0 aromatic heterocycles. The predicted molar refractivity (Wildman–Crippen MR) is 71.5 cm³/mol. The lowest BCUT2D eigenvalue weighted by molar-refractivity contribution is -0.467. The predicted octanol–water partition coefficient (Wildman–Crippen LogP) is 1.96. The second-order valence-corrected chi connectivity index (χ2v) is 4.77. The fourth-order valence-corrected chi connectivity index (χ4v) is 1.40. The zero-order chi connectivity index (χ0) is 12.8. The summed E-state index contributed by atoms with van der Waals surface area (Å²) in [5.41, 5.74) is 8.30. The number of rotatable bonds is 5. The zero-order valence-corrected chi connectivity index (χ0v) is 11.2. The molecule has 0 atom stereocenters. The van der Waals surface area contributed by atoms with Gasteiger partial charge in [0.25, 0.3) is 5.84 Å². The second-order valence-electron chi connectivity index (χ2n) is 4.77. The van der Waals surface area contributed by atoms with Crippen LogP contribution < -0.4 is 5.73 Å². The maximum Gasteiger partial charge on any atom is 0.268 e. The summed E-state index contributed by atoms with van der Waals surface area (Å²) in [5, 5.41) is 0. The Kier molecular flexibility index (Phi) is 5.16. The molecule has 0 amide bonds. The Bertz CT molecular complexity index is 376. The van der Waals surface area contributed by atoms with Gasteiger partial charge in [0.15, 0.2) is 0 Å². The molecule has 2 N–H and O–H groups in total. The summed E-state index contributed by atoms with van der Waals surface area (Å²) in [5.74, 6) is 1.31. The van der Waals surface area contributed by atoms with Crippen molar-refractivity contribution in [3.8, 4) is 0 Å². The van der Waals surface area contributed by atoms with E-state index >= 15 is 0 Å². The van der Waals surface area contributed by atoms with Crippen LogP contribution in [0.15, 0.2) is 24.3 Å². The molecule has 0 aliphatic rings. The SMILES string of the molecule is CC(C)c1ccc(COCC(N)=[N+](C)C)cc1. The molecule has 0 spiro atoms. The lowest BCUT2D eigenvalue weighted by Crippen LogP contribution is -2.28. The molecule has 0 heterocycles. The summed E-state index contributed by atoms with van der Waals surface area (Å²) in [6.45, 7) is 5.46. The van der Waals surface area contributed by atoms with Gasteiger partial charge in [0.1, 0.15) is 6.61 Å². The van der Waals surface area contributed by atoms with Crippen molar-refractivity contribution in [2.24, 2.45) is 5.73 Å². The molecule has 1 aromatic carbocycles. The molecule has 0 aliphatic heterocycles. The largest absolute Gasteiger partial charge is 0.364 e. The molecular formula is C14H23N2O+. The molecule has 3 heteroatoms. The maximum absolute atomic E-state index is 5.76. The van der Waals surface area contributed by atoms with Crippen molar-refractivity contribution >= 4 is 5.84 Å². The van der Waals surface area contributed by atoms with E-state index in [0.29, 0.717) is 19.1 Å². The van der Waals surface area contributed by atoms with Gasteiger partial charge in [0, 0.05) is 0 Å². The van der Waals surface area contributed by atoms with Gasteiger partial charge in [-0.15, -0.1) is 0 Å². The van der Waals surface area contributed by atoms with Crippen LogP contribution in [0.1, 0.15) is 30.9 Å². The monoisotopic (exact) mass is 235 g/mol. The van der Waals surface area contributed by atoms with Crippen LogP contribution in [-0.4, -0.2) is 31.1 Å². The average molecular weight is 235 g/mol. The van der Waals surface area contributed by atoms with E-state index < -0.39 is 0 Å². The average Bonchev–Trinajstić information content (AvgIpc) is 2.29. The summed E-state index contributed by atoms with van der Waals surface area (Å²) in [4.78, 5) is 0. The molecule has 0 saturated heterocycles. The van der Waals surface area contributed by atoms with E-state index in [1.165, 1.54) is 11.1 Å². The Labute approximate surface area is 104 Å². The normalized spacial score (nSPS) is 10.6. The highest BCUT2D eigenvalue weighted by Crippen LogP contribution is 2.14. The van der Waals surface area contributed by atoms with E-state index in [0.717, 1.165) is 5.84 Å². The van der Waals surface area contributed by atoms with Crippen molar-refractivity contribution in [2.45, 2.75) is 26.4 Å². The van der Waals surface area contributed by atoms with Crippen molar-refractivity contribution in [3.63, 3.8) is 0 Å². The van der Waals surface area contributed by atoms with Crippen molar-refractivity contribution in [2.75, 3.05) is 20.7 Å². The van der Waals surface area contributed by atoms with Crippen LogP contribution in [0.25, 0.3) is 0 Å². The minimum atomic E-state index is 0.471. The molecule has 0 fully saturated rings. The van der Waals surface area contributed by atoms with Gasteiger partial charge in [-0.2, -0.15) is 0 Å². The Morgan fingerprint density at radius 3 is 2.29 bits per heavy atom. The van der Waals surface area contributed by atoms with Gasteiger partial charge in [0.2, 0.25) is 0 Å². The van der Waals surface area contributed by atoms with E-state index in [1.807, 2.05) is 18.7 Å². The third kappa shape index (κ3) is 4.57. The number of nitrogens with two attached hydrogens (primary N) is 1. The molecule has 3 nitrogen and oxygen atoms in total. The van der Waals surface area contributed by atoms with Crippen LogP contribution in [0, 0.1) is 0 Å². The highest BCUT2D eigenvalue weighted by Gasteiger charge is 2.02. The Morgan fingerprint density at radius 2 is 1.82 bits per heavy atom. The third-order valence-corrected chi connectivity index (χ3v) is 2.74. The number of hydrogen-bond donors (Lipinski definition) is 1.